The number of rotatable bonds is 5. The number of hydrogen-bond donors (Lipinski definition) is 0. The number of benzene rings is 2. The first-order valence-electron chi connectivity index (χ1n) is 7.13. The van der Waals surface area contributed by atoms with Crippen LogP contribution in [-0.2, 0) is 6.18 Å². The quantitative estimate of drug-likeness (QED) is 0.644. The smallest absolute Gasteiger partial charge is 0.416 e. The van der Waals surface area contributed by atoms with Crippen LogP contribution in [0.4, 0.5) is 13.2 Å². The van der Waals surface area contributed by atoms with E-state index in [-0.39, 0.29) is 6.10 Å². The van der Waals surface area contributed by atoms with Gasteiger partial charge in [-0.05, 0) is 68.5 Å². The number of hydrogen-bond acceptors (Lipinski definition) is 2. The molecule has 0 heterocycles. The molecule has 1 atom stereocenters. The minimum absolute atomic E-state index is 0.0401. The molecule has 0 spiro atoms. The van der Waals surface area contributed by atoms with Gasteiger partial charge in [0.2, 0.25) is 0 Å². The van der Waals surface area contributed by atoms with Crippen molar-refractivity contribution in [2.24, 2.45) is 0 Å². The monoisotopic (exact) mass is 322 g/mol. The van der Waals surface area contributed by atoms with Gasteiger partial charge in [-0.25, -0.2) is 0 Å². The summed E-state index contributed by atoms with van der Waals surface area (Å²) in [6.07, 6.45) is -0.553. The maximum Gasteiger partial charge on any atom is 0.416 e. The van der Waals surface area contributed by atoms with Crippen molar-refractivity contribution in [1.29, 1.82) is 0 Å². The Labute approximate surface area is 133 Å². The van der Waals surface area contributed by atoms with Crippen LogP contribution in [0.1, 0.15) is 19.4 Å². The third kappa shape index (κ3) is 5.06. The van der Waals surface area contributed by atoms with E-state index >= 15 is 0 Å². The largest absolute Gasteiger partial charge is 0.487 e. The lowest BCUT2D eigenvalue weighted by atomic mass is 10.2. The highest BCUT2D eigenvalue weighted by Crippen LogP contribution is 2.31. The van der Waals surface area contributed by atoms with Crippen LogP contribution in [0.2, 0.25) is 0 Å². The van der Waals surface area contributed by atoms with Crippen molar-refractivity contribution < 1.29 is 22.6 Å². The van der Waals surface area contributed by atoms with Gasteiger partial charge in [-0.15, -0.1) is 0 Å². The van der Waals surface area contributed by atoms with Crippen LogP contribution >= 0.6 is 0 Å². The Morgan fingerprint density at radius 1 is 0.870 bits per heavy atom. The predicted molar refractivity (Wildman–Crippen MR) is 82.9 cm³/mol. The fraction of sp³-hybridized carbons (Fsp3) is 0.222. The average molecular weight is 322 g/mol. The average Bonchev–Trinajstić information content (AvgIpc) is 2.49. The van der Waals surface area contributed by atoms with E-state index in [4.69, 9.17) is 9.47 Å². The molecule has 2 aromatic carbocycles. The van der Waals surface area contributed by atoms with Gasteiger partial charge in [0.25, 0.3) is 0 Å². The van der Waals surface area contributed by atoms with Crippen molar-refractivity contribution in [3.63, 3.8) is 0 Å². The fourth-order valence-electron chi connectivity index (χ4n) is 1.96. The lowest BCUT2D eigenvalue weighted by molar-refractivity contribution is -0.137. The van der Waals surface area contributed by atoms with Crippen LogP contribution in [-0.4, -0.2) is 6.10 Å². The highest BCUT2D eigenvalue weighted by molar-refractivity contribution is 5.36. The maximum atomic E-state index is 12.5. The molecule has 1 unspecified atom stereocenters. The van der Waals surface area contributed by atoms with Gasteiger partial charge in [-0.2, -0.15) is 13.2 Å². The van der Waals surface area contributed by atoms with Crippen LogP contribution in [0, 0.1) is 0 Å². The number of ether oxygens (including phenoxy) is 2. The number of halogens is 3. The van der Waals surface area contributed by atoms with Gasteiger partial charge in [-0.1, -0.05) is 6.08 Å². The Bertz CT molecular complexity index is 643. The van der Waals surface area contributed by atoms with E-state index in [1.807, 2.05) is 26.0 Å². The summed E-state index contributed by atoms with van der Waals surface area (Å²) in [4.78, 5) is 0. The standard InChI is InChI=1S/C18H17F3O2/c1-3-4-13(2)22-15-9-11-17(12-10-15)23-16-7-5-14(6-8-16)18(19,20)21/h3-13H,1-2H3. The van der Waals surface area contributed by atoms with E-state index in [2.05, 4.69) is 0 Å². The van der Waals surface area contributed by atoms with Crippen LogP contribution in [0.25, 0.3) is 0 Å². The van der Waals surface area contributed by atoms with Crippen molar-refractivity contribution in [2.45, 2.75) is 26.1 Å². The van der Waals surface area contributed by atoms with E-state index in [0.717, 1.165) is 12.1 Å². The Balaban J connectivity index is 2.01. The summed E-state index contributed by atoms with van der Waals surface area (Å²) >= 11 is 0. The van der Waals surface area contributed by atoms with Crippen molar-refractivity contribution in [1.82, 2.24) is 0 Å². The Morgan fingerprint density at radius 2 is 1.35 bits per heavy atom. The molecule has 2 rings (SSSR count). The van der Waals surface area contributed by atoms with Crippen LogP contribution in [0.5, 0.6) is 17.2 Å². The van der Waals surface area contributed by atoms with E-state index in [1.165, 1.54) is 12.1 Å². The Hall–Kier alpha value is -2.43. The van der Waals surface area contributed by atoms with Gasteiger partial charge in [-0.3, -0.25) is 0 Å². The molecule has 0 aliphatic rings. The second-order valence-electron chi connectivity index (χ2n) is 4.94. The van der Waals surface area contributed by atoms with Gasteiger partial charge >= 0.3 is 6.18 Å². The Kier molecular flexibility index (Phi) is 5.32. The summed E-state index contributed by atoms with van der Waals surface area (Å²) in [5, 5.41) is 0. The molecular formula is C18H17F3O2. The molecule has 23 heavy (non-hydrogen) atoms. The molecule has 0 saturated carbocycles. The summed E-state index contributed by atoms with van der Waals surface area (Å²) in [6, 6.07) is 11.5. The van der Waals surface area contributed by atoms with E-state index < -0.39 is 11.7 Å². The van der Waals surface area contributed by atoms with Crippen LogP contribution < -0.4 is 9.47 Å². The summed E-state index contributed by atoms with van der Waals surface area (Å²) in [5.41, 5.74) is -0.702. The molecule has 0 saturated heterocycles. The van der Waals surface area contributed by atoms with Gasteiger partial charge in [0.1, 0.15) is 23.4 Å². The first kappa shape index (κ1) is 16.9. The van der Waals surface area contributed by atoms with Crippen LogP contribution in [0.3, 0.4) is 0 Å². The summed E-state index contributed by atoms with van der Waals surface area (Å²) < 4.78 is 48.6. The molecule has 0 aliphatic heterocycles. The first-order valence-corrected chi connectivity index (χ1v) is 7.13. The van der Waals surface area contributed by atoms with Crippen molar-refractivity contribution in [3.8, 4) is 17.2 Å². The second-order valence-corrected chi connectivity index (χ2v) is 4.94. The molecule has 0 aromatic heterocycles. The molecule has 0 N–H and O–H groups in total. The predicted octanol–water partition coefficient (Wildman–Crippen LogP) is 5.84. The van der Waals surface area contributed by atoms with Crippen molar-refractivity contribution >= 4 is 0 Å². The topological polar surface area (TPSA) is 18.5 Å². The first-order chi connectivity index (χ1) is 10.9. The summed E-state index contributed by atoms with van der Waals surface area (Å²) in [5.74, 6) is 1.56. The normalized spacial score (nSPS) is 13.1. The molecule has 0 amide bonds. The third-order valence-electron chi connectivity index (χ3n) is 3.03. The highest BCUT2D eigenvalue weighted by atomic mass is 19.4. The van der Waals surface area contributed by atoms with E-state index in [0.29, 0.717) is 17.2 Å². The molecule has 2 aromatic rings. The zero-order valence-corrected chi connectivity index (χ0v) is 12.8. The minimum Gasteiger partial charge on any atom is -0.487 e. The maximum absolute atomic E-state index is 12.5. The molecule has 2 nitrogen and oxygen atoms in total. The van der Waals surface area contributed by atoms with Crippen molar-refractivity contribution in [2.75, 3.05) is 0 Å². The molecular weight excluding hydrogens is 305 g/mol. The fourth-order valence-corrected chi connectivity index (χ4v) is 1.96. The summed E-state index contributed by atoms with van der Waals surface area (Å²) in [7, 11) is 0. The van der Waals surface area contributed by atoms with Crippen LogP contribution in [0.15, 0.2) is 60.7 Å². The molecule has 0 bridgehead atoms. The zero-order valence-electron chi connectivity index (χ0n) is 12.8. The van der Waals surface area contributed by atoms with Gasteiger partial charge in [0.15, 0.2) is 0 Å². The van der Waals surface area contributed by atoms with Gasteiger partial charge in [0.05, 0.1) is 5.56 Å². The third-order valence-corrected chi connectivity index (χ3v) is 3.03. The second kappa shape index (κ2) is 7.22. The minimum atomic E-state index is -4.35. The SMILES string of the molecule is CC=CC(C)Oc1ccc(Oc2ccc(C(F)(F)F)cc2)cc1. The zero-order chi connectivity index (χ0) is 16.9. The van der Waals surface area contributed by atoms with Crippen molar-refractivity contribution in [3.05, 3.63) is 66.2 Å². The molecule has 0 fully saturated rings. The number of allylic oxidation sites excluding steroid dienone is 1. The Morgan fingerprint density at radius 3 is 1.83 bits per heavy atom. The van der Waals surface area contributed by atoms with E-state index in [9.17, 15) is 13.2 Å². The lowest BCUT2D eigenvalue weighted by Gasteiger charge is -2.12. The highest BCUT2D eigenvalue weighted by Gasteiger charge is 2.30. The molecule has 0 radical (unpaired) electrons. The molecule has 0 aliphatic carbocycles. The van der Waals surface area contributed by atoms with E-state index in [1.54, 1.807) is 24.3 Å². The number of alkyl halides is 3. The lowest BCUT2D eigenvalue weighted by Crippen LogP contribution is -2.07. The summed E-state index contributed by atoms with van der Waals surface area (Å²) in [6.45, 7) is 3.84. The van der Waals surface area contributed by atoms with Gasteiger partial charge in [0, 0.05) is 0 Å². The van der Waals surface area contributed by atoms with Gasteiger partial charge < -0.3 is 9.47 Å². The molecule has 122 valence electrons. The molecule has 5 heteroatoms.